The Hall–Kier alpha value is -1.60. The van der Waals surface area contributed by atoms with Crippen LogP contribution in [0.2, 0.25) is 0 Å². The molecule has 0 aliphatic carbocycles. The Labute approximate surface area is 141 Å². The molecule has 0 bridgehead atoms. The molecule has 1 aliphatic rings. The molecule has 1 aromatic carbocycles. The van der Waals surface area contributed by atoms with Gasteiger partial charge in [0.15, 0.2) is 0 Å². The fourth-order valence-corrected chi connectivity index (χ4v) is 3.67. The van der Waals surface area contributed by atoms with Gasteiger partial charge in [0.05, 0.1) is 10.5 Å². The molecule has 23 heavy (non-hydrogen) atoms. The summed E-state index contributed by atoms with van der Waals surface area (Å²) >= 11 is 1.53. The number of hydrogen-bond donors (Lipinski definition) is 0. The summed E-state index contributed by atoms with van der Waals surface area (Å²) in [5.41, 5.74) is 0.393. The van der Waals surface area contributed by atoms with Crippen LogP contribution in [-0.2, 0) is 0 Å². The highest BCUT2D eigenvalue weighted by Gasteiger charge is 2.27. The van der Waals surface area contributed by atoms with E-state index < -0.39 is 4.92 Å². The van der Waals surface area contributed by atoms with Gasteiger partial charge in [0.25, 0.3) is 11.6 Å². The molecular weight excluding hydrogens is 314 g/mol. The molecule has 2 rings (SSSR count). The van der Waals surface area contributed by atoms with Gasteiger partial charge >= 0.3 is 0 Å². The Morgan fingerprint density at radius 1 is 1.52 bits per heavy atom. The third kappa shape index (κ3) is 4.23. The Morgan fingerprint density at radius 3 is 2.87 bits per heavy atom. The molecule has 0 N–H and O–H groups in total. The predicted octanol–water partition coefficient (Wildman–Crippen LogP) is 2.87. The van der Waals surface area contributed by atoms with Gasteiger partial charge in [-0.3, -0.25) is 14.9 Å². The predicted molar refractivity (Wildman–Crippen MR) is 92.1 cm³/mol. The minimum absolute atomic E-state index is 0.0389. The summed E-state index contributed by atoms with van der Waals surface area (Å²) < 4.78 is 0. The lowest BCUT2D eigenvalue weighted by Crippen LogP contribution is -2.47. The molecule has 0 aromatic heterocycles. The normalized spacial score (nSPS) is 18.7. The van der Waals surface area contributed by atoms with Crippen molar-refractivity contribution >= 4 is 23.4 Å². The number of benzene rings is 1. The Bertz CT molecular complexity index is 594. The molecule has 7 heteroatoms. The van der Waals surface area contributed by atoms with E-state index in [1.807, 2.05) is 6.92 Å². The fraction of sp³-hybridized carbons (Fsp3) is 0.562. The Morgan fingerprint density at radius 2 is 2.26 bits per heavy atom. The summed E-state index contributed by atoms with van der Waals surface area (Å²) in [6, 6.07) is 4.70. The third-order valence-corrected chi connectivity index (χ3v) is 5.13. The van der Waals surface area contributed by atoms with Crippen LogP contribution in [0.5, 0.6) is 0 Å². The molecule has 0 spiro atoms. The topological polar surface area (TPSA) is 66.7 Å². The first-order valence-corrected chi connectivity index (χ1v) is 8.79. The number of non-ortho nitro benzene ring substituents is 1. The van der Waals surface area contributed by atoms with E-state index in [0.29, 0.717) is 5.56 Å². The minimum atomic E-state index is -0.453. The molecule has 1 amide bonds. The number of likely N-dealkylation sites (N-methyl/N-ethyl adjacent to an activating group) is 2. The van der Waals surface area contributed by atoms with Gasteiger partial charge in [-0.1, -0.05) is 6.92 Å². The van der Waals surface area contributed by atoms with Gasteiger partial charge < -0.3 is 9.80 Å². The lowest BCUT2D eigenvalue weighted by molar-refractivity contribution is -0.384. The van der Waals surface area contributed by atoms with Crippen molar-refractivity contribution in [3.8, 4) is 0 Å². The largest absolute Gasteiger partial charge is 0.337 e. The van der Waals surface area contributed by atoms with E-state index in [-0.39, 0.29) is 17.6 Å². The molecular formula is C16H23N3O3S. The summed E-state index contributed by atoms with van der Waals surface area (Å²) in [4.78, 5) is 28.2. The maximum Gasteiger partial charge on any atom is 0.270 e. The van der Waals surface area contributed by atoms with E-state index >= 15 is 0 Å². The van der Waals surface area contributed by atoms with Crippen molar-refractivity contribution in [2.45, 2.75) is 30.7 Å². The van der Waals surface area contributed by atoms with E-state index in [9.17, 15) is 14.9 Å². The van der Waals surface area contributed by atoms with Crippen molar-refractivity contribution in [3.05, 3.63) is 33.9 Å². The van der Waals surface area contributed by atoms with Gasteiger partial charge in [-0.25, -0.2) is 0 Å². The summed E-state index contributed by atoms with van der Waals surface area (Å²) in [6.45, 7) is 3.89. The standard InChI is InChI=1S/C16H23N3O3S/c1-4-23-15-8-7-12(19(21)22)10-14(15)16(20)18(3)13-6-5-9-17(2)11-13/h7-8,10,13H,4-6,9,11H2,1-3H3/t13-/m1/s1. The second-order valence-corrected chi connectivity index (χ2v) is 7.15. The van der Waals surface area contributed by atoms with Crippen LogP contribution < -0.4 is 0 Å². The highest BCUT2D eigenvalue weighted by atomic mass is 32.2. The zero-order chi connectivity index (χ0) is 17.0. The van der Waals surface area contributed by atoms with Crippen molar-refractivity contribution in [1.29, 1.82) is 0 Å². The second-order valence-electron chi connectivity index (χ2n) is 5.84. The number of piperidine rings is 1. The number of carbonyl (C=O) groups excluding carboxylic acids is 1. The number of hydrogen-bond acceptors (Lipinski definition) is 5. The number of rotatable bonds is 5. The van der Waals surface area contributed by atoms with Crippen molar-refractivity contribution < 1.29 is 9.72 Å². The quantitative estimate of drug-likeness (QED) is 0.469. The number of likely N-dealkylation sites (tertiary alicyclic amines) is 1. The van der Waals surface area contributed by atoms with E-state index in [4.69, 9.17) is 0 Å². The molecule has 1 atom stereocenters. The molecule has 1 heterocycles. The fourth-order valence-electron chi connectivity index (χ4n) is 2.89. The second kappa shape index (κ2) is 7.79. The molecule has 1 aliphatic heterocycles. The van der Waals surface area contributed by atoms with E-state index in [2.05, 4.69) is 11.9 Å². The summed E-state index contributed by atoms with van der Waals surface area (Å²) in [5, 5.41) is 11.0. The van der Waals surface area contributed by atoms with E-state index in [1.165, 1.54) is 23.9 Å². The highest BCUT2D eigenvalue weighted by Crippen LogP contribution is 2.28. The lowest BCUT2D eigenvalue weighted by atomic mass is 10.0. The average molecular weight is 337 g/mol. The number of thioether (sulfide) groups is 1. The van der Waals surface area contributed by atoms with Gasteiger partial charge in [0.2, 0.25) is 0 Å². The summed E-state index contributed by atoms with van der Waals surface area (Å²) in [6.07, 6.45) is 2.03. The van der Waals surface area contributed by atoms with Crippen molar-refractivity contribution in [2.75, 3.05) is 32.9 Å². The van der Waals surface area contributed by atoms with Crippen molar-refractivity contribution in [1.82, 2.24) is 9.80 Å². The van der Waals surface area contributed by atoms with Crippen LogP contribution in [0, 0.1) is 10.1 Å². The number of nitrogens with zero attached hydrogens (tertiary/aromatic N) is 3. The monoisotopic (exact) mass is 337 g/mol. The molecule has 1 fully saturated rings. The summed E-state index contributed by atoms with van der Waals surface area (Å²) in [7, 11) is 3.85. The van der Waals surface area contributed by atoms with Gasteiger partial charge in [-0.2, -0.15) is 0 Å². The van der Waals surface area contributed by atoms with Crippen LogP contribution in [0.1, 0.15) is 30.1 Å². The minimum Gasteiger partial charge on any atom is -0.337 e. The summed E-state index contributed by atoms with van der Waals surface area (Å²) in [5.74, 6) is 0.679. The Balaban J connectivity index is 2.28. The first-order chi connectivity index (χ1) is 10.9. The molecule has 0 saturated carbocycles. The number of amides is 1. The maximum atomic E-state index is 12.9. The molecule has 1 aromatic rings. The molecule has 0 unspecified atom stereocenters. The smallest absolute Gasteiger partial charge is 0.270 e. The SMILES string of the molecule is CCSc1ccc([N+](=O)[O-])cc1C(=O)N(C)[C@@H]1CCCN(C)C1. The third-order valence-electron chi connectivity index (χ3n) is 4.17. The maximum absolute atomic E-state index is 12.9. The molecule has 1 saturated heterocycles. The van der Waals surface area contributed by atoms with Crippen LogP contribution >= 0.6 is 11.8 Å². The number of nitro benzene ring substituents is 1. The first kappa shape index (κ1) is 17.7. The lowest BCUT2D eigenvalue weighted by Gasteiger charge is -2.36. The number of carbonyl (C=O) groups is 1. The van der Waals surface area contributed by atoms with E-state index in [1.54, 1.807) is 18.0 Å². The zero-order valence-electron chi connectivity index (χ0n) is 13.8. The number of nitro groups is 1. The van der Waals surface area contributed by atoms with Gasteiger partial charge in [0, 0.05) is 36.7 Å². The van der Waals surface area contributed by atoms with Crippen LogP contribution in [-0.4, -0.2) is 59.6 Å². The van der Waals surface area contributed by atoms with Crippen LogP contribution in [0.3, 0.4) is 0 Å². The average Bonchev–Trinajstić information content (AvgIpc) is 2.54. The van der Waals surface area contributed by atoms with Gasteiger partial charge in [0.1, 0.15) is 0 Å². The molecule has 0 radical (unpaired) electrons. The highest BCUT2D eigenvalue weighted by molar-refractivity contribution is 7.99. The first-order valence-electron chi connectivity index (χ1n) is 7.81. The van der Waals surface area contributed by atoms with Crippen LogP contribution in [0.15, 0.2) is 23.1 Å². The zero-order valence-corrected chi connectivity index (χ0v) is 14.6. The van der Waals surface area contributed by atoms with Crippen molar-refractivity contribution in [2.24, 2.45) is 0 Å². The van der Waals surface area contributed by atoms with Gasteiger partial charge in [-0.15, -0.1) is 11.8 Å². The van der Waals surface area contributed by atoms with E-state index in [0.717, 1.165) is 36.6 Å². The molecule has 6 nitrogen and oxygen atoms in total. The van der Waals surface area contributed by atoms with Crippen molar-refractivity contribution in [3.63, 3.8) is 0 Å². The van der Waals surface area contributed by atoms with Crippen LogP contribution in [0.4, 0.5) is 5.69 Å². The molecule has 126 valence electrons. The van der Waals surface area contributed by atoms with Gasteiger partial charge in [-0.05, 0) is 38.3 Å². The Kier molecular flexibility index (Phi) is 6.01. The van der Waals surface area contributed by atoms with Crippen LogP contribution in [0.25, 0.3) is 0 Å².